The molecule has 1 aromatic heterocycles. The zero-order chi connectivity index (χ0) is 14.8. The quantitative estimate of drug-likeness (QED) is 0.828. The van der Waals surface area contributed by atoms with E-state index < -0.39 is 23.3 Å². The lowest BCUT2D eigenvalue weighted by molar-refractivity contribution is -0.136. The summed E-state index contributed by atoms with van der Waals surface area (Å²) in [7, 11) is 0. The van der Waals surface area contributed by atoms with Crippen molar-refractivity contribution in [2.45, 2.75) is 6.18 Å². The number of hydrogen-bond donors (Lipinski definition) is 2. The number of nitrogens with one attached hydrogen (secondary N) is 1. The van der Waals surface area contributed by atoms with Crippen LogP contribution in [0.25, 0.3) is 0 Å². The van der Waals surface area contributed by atoms with E-state index in [4.69, 9.17) is 5.73 Å². The van der Waals surface area contributed by atoms with E-state index in [1.807, 2.05) is 0 Å². The van der Waals surface area contributed by atoms with E-state index in [-0.39, 0.29) is 11.4 Å². The van der Waals surface area contributed by atoms with Gasteiger partial charge in [0.25, 0.3) is 5.91 Å². The molecule has 1 amide bonds. The summed E-state index contributed by atoms with van der Waals surface area (Å²) in [6.45, 7) is 0. The van der Waals surface area contributed by atoms with Crippen molar-refractivity contribution in [3.05, 3.63) is 47.9 Å². The van der Waals surface area contributed by atoms with Crippen LogP contribution in [-0.4, -0.2) is 15.9 Å². The largest absolute Gasteiger partial charge is 0.418 e. The van der Waals surface area contributed by atoms with Gasteiger partial charge < -0.3 is 11.1 Å². The topological polar surface area (TPSA) is 80.9 Å². The van der Waals surface area contributed by atoms with Gasteiger partial charge in [0.05, 0.1) is 23.0 Å². The van der Waals surface area contributed by atoms with Crippen LogP contribution in [0.3, 0.4) is 0 Å². The lowest BCUT2D eigenvalue weighted by Gasteiger charge is -2.13. The van der Waals surface area contributed by atoms with Crippen molar-refractivity contribution in [3.8, 4) is 0 Å². The molecule has 0 unspecified atom stereocenters. The summed E-state index contributed by atoms with van der Waals surface area (Å²) >= 11 is 0. The molecule has 0 radical (unpaired) electrons. The zero-order valence-electron chi connectivity index (χ0n) is 9.98. The van der Waals surface area contributed by atoms with Crippen molar-refractivity contribution in [3.63, 3.8) is 0 Å². The molecule has 0 aliphatic heterocycles. The molecule has 5 nitrogen and oxygen atoms in total. The maximum Gasteiger partial charge on any atom is 0.418 e. The minimum absolute atomic E-state index is 0.120. The SMILES string of the molecule is Nc1c(C(=O)Nc2cnccn2)cccc1C(F)(F)F. The normalized spacial score (nSPS) is 11.2. The fourth-order valence-electron chi connectivity index (χ4n) is 1.56. The molecule has 0 atom stereocenters. The van der Waals surface area contributed by atoms with E-state index in [0.717, 1.165) is 12.1 Å². The van der Waals surface area contributed by atoms with Crippen LogP contribution >= 0.6 is 0 Å². The predicted octanol–water partition coefficient (Wildman–Crippen LogP) is 2.33. The smallest absolute Gasteiger partial charge is 0.398 e. The van der Waals surface area contributed by atoms with Crippen molar-refractivity contribution in [2.24, 2.45) is 0 Å². The average Bonchev–Trinajstić information content (AvgIpc) is 2.38. The maximum absolute atomic E-state index is 12.7. The summed E-state index contributed by atoms with van der Waals surface area (Å²) in [6.07, 6.45) is -0.617. The number of hydrogen-bond acceptors (Lipinski definition) is 4. The molecule has 0 fully saturated rings. The van der Waals surface area contributed by atoms with Gasteiger partial charge in [0.2, 0.25) is 0 Å². The number of amides is 1. The molecule has 8 heteroatoms. The Kier molecular flexibility index (Phi) is 3.55. The van der Waals surface area contributed by atoms with Crippen molar-refractivity contribution in [1.29, 1.82) is 0 Å². The third-order valence-corrected chi connectivity index (χ3v) is 2.46. The third kappa shape index (κ3) is 2.85. The summed E-state index contributed by atoms with van der Waals surface area (Å²) in [4.78, 5) is 19.4. The van der Waals surface area contributed by atoms with Crippen LogP contribution in [-0.2, 0) is 6.18 Å². The fourth-order valence-corrected chi connectivity index (χ4v) is 1.56. The molecule has 2 rings (SSSR count). The monoisotopic (exact) mass is 282 g/mol. The van der Waals surface area contributed by atoms with Gasteiger partial charge in [-0.15, -0.1) is 0 Å². The van der Waals surface area contributed by atoms with Crippen LogP contribution in [0.1, 0.15) is 15.9 Å². The first-order valence-electron chi connectivity index (χ1n) is 5.42. The van der Waals surface area contributed by atoms with Gasteiger partial charge in [0.15, 0.2) is 5.82 Å². The highest BCUT2D eigenvalue weighted by atomic mass is 19.4. The molecule has 104 valence electrons. The molecular formula is C12H9F3N4O. The first-order chi connectivity index (χ1) is 9.39. The number of aromatic nitrogens is 2. The maximum atomic E-state index is 12.7. The molecule has 20 heavy (non-hydrogen) atoms. The number of halogens is 3. The number of alkyl halides is 3. The van der Waals surface area contributed by atoms with Gasteiger partial charge in [-0.05, 0) is 12.1 Å². The summed E-state index contributed by atoms with van der Waals surface area (Å²) < 4.78 is 38.1. The molecule has 1 heterocycles. The van der Waals surface area contributed by atoms with E-state index in [1.54, 1.807) is 0 Å². The number of rotatable bonds is 2. The van der Waals surface area contributed by atoms with Gasteiger partial charge in [0.1, 0.15) is 0 Å². The Labute approximate surface area is 111 Å². The van der Waals surface area contributed by atoms with Crippen molar-refractivity contribution < 1.29 is 18.0 Å². The lowest BCUT2D eigenvalue weighted by Crippen LogP contribution is -2.18. The molecule has 2 aromatic rings. The standard InChI is InChI=1S/C12H9F3N4O/c13-12(14,15)8-3-1-2-7(10(8)16)11(20)19-9-6-17-4-5-18-9/h1-6H,16H2,(H,18,19,20). The fraction of sp³-hybridized carbons (Fsp3) is 0.0833. The zero-order valence-corrected chi connectivity index (χ0v) is 9.98. The van der Waals surface area contributed by atoms with Crippen LogP contribution in [0.5, 0.6) is 0 Å². The Hall–Kier alpha value is -2.64. The summed E-state index contributed by atoms with van der Waals surface area (Å²) in [5.74, 6) is -0.664. The number of carbonyl (C=O) groups is 1. The average molecular weight is 282 g/mol. The van der Waals surface area contributed by atoms with E-state index in [0.29, 0.717) is 0 Å². The highest BCUT2D eigenvalue weighted by Gasteiger charge is 2.34. The highest BCUT2D eigenvalue weighted by Crippen LogP contribution is 2.35. The third-order valence-electron chi connectivity index (χ3n) is 2.46. The molecule has 0 saturated heterocycles. The second-order valence-electron chi connectivity index (χ2n) is 3.81. The number of benzene rings is 1. The van der Waals surface area contributed by atoms with Crippen LogP contribution < -0.4 is 11.1 Å². The van der Waals surface area contributed by atoms with Gasteiger partial charge in [-0.3, -0.25) is 9.78 Å². The van der Waals surface area contributed by atoms with E-state index in [9.17, 15) is 18.0 Å². The molecule has 3 N–H and O–H groups in total. The minimum atomic E-state index is -4.62. The minimum Gasteiger partial charge on any atom is -0.398 e. The first-order valence-corrected chi connectivity index (χ1v) is 5.42. The predicted molar refractivity (Wildman–Crippen MR) is 65.8 cm³/mol. The Morgan fingerprint density at radius 3 is 2.60 bits per heavy atom. The number of para-hydroxylation sites is 1. The molecule has 0 aliphatic carbocycles. The van der Waals surface area contributed by atoms with Gasteiger partial charge >= 0.3 is 6.18 Å². The van der Waals surface area contributed by atoms with Crippen molar-refractivity contribution >= 4 is 17.4 Å². The van der Waals surface area contributed by atoms with Gasteiger partial charge in [-0.1, -0.05) is 6.07 Å². The first kappa shape index (κ1) is 13.8. The molecule has 1 aromatic carbocycles. The number of anilines is 2. The van der Waals surface area contributed by atoms with Crippen LogP contribution in [0.2, 0.25) is 0 Å². The lowest BCUT2D eigenvalue weighted by atomic mass is 10.1. The summed E-state index contributed by atoms with van der Waals surface area (Å²) in [5, 5.41) is 2.32. The molecular weight excluding hydrogens is 273 g/mol. The second-order valence-corrected chi connectivity index (χ2v) is 3.81. The van der Waals surface area contributed by atoms with Crippen molar-refractivity contribution in [1.82, 2.24) is 9.97 Å². The van der Waals surface area contributed by atoms with Gasteiger partial charge in [-0.25, -0.2) is 4.98 Å². The van der Waals surface area contributed by atoms with Crippen LogP contribution in [0.15, 0.2) is 36.8 Å². The van der Waals surface area contributed by atoms with E-state index in [1.165, 1.54) is 24.7 Å². The molecule has 0 saturated carbocycles. The Balaban J connectivity index is 2.32. The highest BCUT2D eigenvalue weighted by molar-refractivity contribution is 6.07. The molecule has 0 bridgehead atoms. The number of nitrogens with two attached hydrogens (primary N) is 1. The van der Waals surface area contributed by atoms with Gasteiger partial charge in [-0.2, -0.15) is 13.2 Å². The summed E-state index contributed by atoms with van der Waals surface area (Å²) in [5.41, 5.74) is 3.46. The molecule has 0 aliphatic rings. The van der Waals surface area contributed by atoms with Gasteiger partial charge in [0, 0.05) is 12.4 Å². The Morgan fingerprint density at radius 2 is 2.00 bits per heavy atom. The van der Waals surface area contributed by atoms with Crippen LogP contribution in [0.4, 0.5) is 24.7 Å². The van der Waals surface area contributed by atoms with Crippen molar-refractivity contribution in [2.75, 3.05) is 11.1 Å². The Morgan fingerprint density at radius 1 is 1.25 bits per heavy atom. The number of carbonyl (C=O) groups excluding carboxylic acids is 1. The Bertz CT molecular complexity index is 628. The second kappa shape index (κ2) is 5.16. The molecule has 0 spiro atoms. The number of nitrogens with zero attached hydrogens (tertiary/aromatic N) is 2. The van der Waals surface area contributed by atoms with Crippen LogP contribution in [0, 0.1) is 0 Å². The number of nitrogen functional groups attached to an aromatic ring is 1. The van der Waals surface area contributed by atoms with E-state index >= 15 is 0 Å². The van der Waals surface area contributed by atoms with E-state index in [2.05, 4.69) is 15.3 Å². The summed E-state index contributed by atoms with van der Waals surface area (Å²) in [6, 6.07) is 3.13.